The molecule has 0 radical (unpaired) electrons. The van der Waals surface area contributed by atoms with Gasteiger partial charge in [0.15, 0.2) is 0 Å². The van der Waals surface area contributed by atoms with Gasteiger partial charge in [-0.1, -0.05) is 6.92 Å². The minimum Gasteiger partial charge on any atom is -0.481 e. The first kappa shape index (κ1) is 16.4. The van der Waals surface area contributed by atoms with Crippen molar-refractivity contribution >= 4 is 23.6 Å². The maximum atomic E-state index is 12.1. The van der Waals surface area contributed by atoms with Crippen LogP contribution in [0, 0.1) is 5.92 Å². The Kier molecular flexibility index (Phi) is 5.43. The molecule has 110 valence electrons. The monoisotopic (exact) mass is 307 g/mol. The van der Waals surface area contributed by atoms with E-state index in [1.165, 1.54) is 31.2 Å². The number of aliphatic carboxylic acids is 1. The first-order valence-electron chi connectivity index (χ1n) is 5.56. The van der Waals surface area contributed by atoms with E-state index in [9.17, 15) is 22.8 Å². The van der Waals surface area contributed by atoms with Crippen molar-refractivity contribution < 1.29 is 27.9 Å². The predicted molar refractivity (Wildman–Crippen MR) is 67.5 cm³/mol. The first-order valence-corrected chi connectivity index (χ1v) is 6.37. The van der Waals surface area contributed by atoms with Gasteiger partial charge in [-0.3, -0.25) is 9.59 Å². The molecule has 0 aromatic heterocycles. The third-order valence-electron chi connectivity index (χ3n) is 2.34. The molecule has 1 aromatic carbocycles. The lowest BCUT2D eigenvalue weighted by Gasteiger charge is -2.09. The molecule has 2 N–H and O–H groups in total. The highest BCUT2D eigenvalue weighted by atomic mass is 32.2. The van der Waals surface area contributed by atoms with E-state index in [0.717, 1.165) is 0 Å². The number of rotatable bonds is 5. The van der Waals surface area contributed by atoms with Crippen molar-refractivity contribution in [3.63, 3.8) is 0 Å². The van der Waals surface area contributed by atoms with Gasteiger partial charge < -0.3 is 10.4 Å². The fourth-order valence-electron chi connectivity index (χ4n) is 1.24. The van der Waals surface area contributed by atoms with Crippen molar-refractivity contribution in [3.05, 3.63) is 29.8 Å². The number of amides is 1. The highest BCUT2D eigenvalue weighted by Crippen LogP contribution is 2.36. The molecule has 0 fully saturated rings. The largest absolute Gasteiger partial charge is 0.481 e. The number of carboxylic acids is 1. The van der Waals surface area contributed by atoms with Gasteiger partial charge >= 0.3 is 11.5 Å². The number of thioether (sulfide) groups is 1. The van der Waals surface area contributed by atoms with E-state index in [4.69, 9.17) is 5.11 Å². The Morgan fingerprint density at radius 3 is 2.30 bits per heavy atom. The number of hydrogen-bond donors (Lipinski definition) is 2. The van der Waals surface area contributed by atoms with Gasteiger partial charge in [0, 0.05) is 17.0 Å². The Morgan fingerprint density at radius 1 is 1.30 bits per heavy atom. The van der Waals surface area contributed by atoms with Crippen LogP contribution in [0.2, 0.25) is 0 Å². The second kappa shape index (κ2) is 6.65. The highest BCUT2D eigenvalue weighted by Gasteiger charge is 2.29. The molecule has 0 saturated carbocycles. The molecule has 1 unspecified atom stereocenters. The van der Waals surface area contributed by atoms with Crippen LogP contribution in [0.3, 0.4) is 0 Å². The van der Waals surface area contributed by atoms with E-state index in [-0.39, 0.29) is 28.8 Å². The zero-order chi connectivity index (χ0) is 15.3. The van der Waals surface area contributed by atoms with Crippen molar-refractivity contribution in [1.29, 1.82) is 0 Å². The number of alkyl halides is 3. The van der Waals surface area contributed by atoms with Crippen molar-refractivity contribution in [2.45, 2.75) is 17.3 Å². The average Bonchev–Trinajstić information content (AvgIpc) is 2.34. The van der Waals surface area contributed by atoms with E-state index in [0.29, 0.717) is 0 Å². The van der Waals surface area contributed by atoms with Gasteiger partial charge in [-0.2, -0.15) is 13.2 Å². The number of nitrogens with one attached hydrogen (secondary N) is 1. The lowest BCUT2D eigenvalue weighted by molar-refractivity contribution is -0.140. The molecule has 0 aliphatic rings. The fourth-order valence-corrected chi connectivity index (χ4v) is 1.78. The number of carboxylic acid groups (broad SMARTS) is 1. The summed E-state index contributed by atoms with van der Waals surface area (Å²) >= 11 is -0.266. The minimum absolute atomic E-state index is 0.0204. The normalized spacial score (nSPS) is 12.8. The molecule has 0 bridgehead atoms. The molecule has 0 saturated heterocycles. The van der Waals surface area contributed by atoms with E-state index in [2.05, 4.69) is 5.32 Å². The Labute approximate surface area is 117 Å². The topological polar surface area (TPSA) is 66.4 Å². The second-order valence-electron chi connectivity index (χ2n) is 4.02. The van der Waals surface area contributed by atoms with E-state index in [1.54, 1.807) is 0 Å². The summed E-state index contributed by atoms with van der Waals surface area (Å²) in [5.41, 5.74) is -4.20. The van der Waals surface area contributed by atoms with Crippen molar-refractivity contribution in [3.8, 4) is 0 Å². The SMILES string of the molecule is CC(CNC(=O)c1ccc(SC(F)(F)F)cc1)C(=O)O. The van der Waals surface area contributed by atoms with E-state index >= 15 is 0 Å². The van der Waals surface area contributed by atoms with Crippen LogP contribution in [0.1, 0.15) is 17.3 Å². The molecular weight excluding hydrogens is 295 g/mol. The van der Waals surface area contributed by atoms with Crippen LogP contribution in [-0.4, -0.2) is 29.0 Å². The summed E-state index contributed by atoms with van der Waals surface area (Å²) in [6.45, 7) is 1.39. The molecule has 20 heavy (non-hydrogen) atoms. The summed E-state index contributed by atoms with van der Waals surface area (Å²) in [4.78, 5) is 22.2. The zero-order valence-electron chi connectivity index (χ0n) is 10.4. The highest BCUT2D eigenvalue weighted by molar-refractivity contribution is 8.00. The Hall–Kier alpha value is -1.70. The summed E-state index contributed by atoms with van der Waals surface area (Å²) in [6, 6.07) is 4.89. The summed E-state index contributed by atoms with van der Waals surface area (Å²) in [7, 11) is 0. The Morgan fingerprint density at radius 2 is 1.85 bits per heavy atom. The minimum atomic E-state index is -4.37. The third-order valence-corrected chi connectivity index (χ3v) is 3.08. The van der Waals surface area contributed by atoms with Gasteiger partial charge in [-0.25, -0.2) is 0 Å². The smallest absolute Gasteiger partial charge is 0.446 e. The molecule has 1 rings (SSSR count). The quantitative estimate of drug-likeness (QED) is 0.821. The van der Waals surface area contributed by atoms with Crippen LogP contribution in [0.25, 0.3) is 0 Å². The Balaban J connectivity index is 2.60. The molecule has 1 aromatic rings. The first-order chi connectivity index (χ1) is 9.19. The van der Waals surface area contributed by atoms with Gasteiger partial charge in [0.2, 0.25) is 0 Å². The molecule has 0 aliphatic heterocycles. The molecule has 1 amide bonds. The number of benzene rings is 1. The van der Waals surface area contributed by atoms with Crippen LogP contribution < -0.4 is 5.32 Å². The van der Waals surface area contributed by atoms with E-state index in [1.807, 2.05) is 0 Å². The Bertz CT molecular complexity index is 488. The molecule has 0 aliphatic carbocycles. The fraction of sp³-hybridized carbons (Fsp3) is 0.333. The van der Waals surface area contributed by atoms with Gasteiger partial charge in [0.05, 0.1) is 5.92 Å². The molecular formula is C12H12F3NO3S. The molecule has 8 heteroatoms. The van der Waals surface area contributed by atoms with Crippen LogP contribution in [0.4, 0.5) is 13.2 Å². The maximum absolute atomic E-state index is 12.1. The second-order valence-corrected chi connectivity index (χ2v) is 5.16. The van der Waals surface area contributed by atoms with Crippen molar-refractivity contribution in [2.75, 3.05) is 6.54 Å². The van der Waals surface area contributed by atoms with Gasteiger partial charge in [-0.05, 0) is 36.0 Å². The van der Waals surface area contributed by atoms with Crippen LogP contribution in [0.5, 0.6) is 0 Å². The summed E-state index contributed by atoms with van der Waals surface area (Å²) < 4.78 is 36.3. The van der Waals surface area contributed by atoms with Crippen molar-refractivity contribution in [1.82, 2.24) is 5.32 Å². The zero-order valence-corrected chi connectivity index (χ0v) is 11.2. The molecule has 0 heterocycles. The number of carbonyl (C=O) groups excluding carboxylic acids is 1. The number of hydrogen-bond acceptors (Lipinski definition) is 3. The lowest BCUT2D eigenvalue weighted by atomic mass is 10.1. The lowest BCUT2D eigenvalue weighted by Crippen LogP contribution is -2.31. The third kappa shape index (κ3) is 5.52. The number of halogens is 3. The van der Waals surface area contributed by atoms with Crippen LogP contribution in [0.15, 0.2) is 29.2 Å². The summed E-state index contributed by atoms with van der Waals surface area (Å²) in [5.74, 6) is -2.30. The van der Waals surface area contributed by atoms with Crippen LogP contribution in [-0.2, 0) is 4.79 Å². The van der Waals surface area contributed by atoms with Crippen LogP contribution >= 0.6 is 11.8 Å². The molecule has 1 atom stereocenters. The van der Waals surface area contributed by atoms with Gasteiger partial charge in [-0.15, -0.1) is 0 Å². The predicted octanol–water partition coefficient (Wildman–Crippen LogP) is 2.75. The number of carbonyl (C=O) groups is 2. The molecule has 4 nitrogen and oxygen atoms in total. The maximum Gasteiger partial charge on any atom is 0.446 e. The van der Waals surface area contributed by atoms with E-state index < -0.39 is 23.3 Å². The van der Waals surface area contributed by atoms with Gasteiger partial charge in [0.1, 0.15) is 0 Å². The average molecular weight is 307 g/mol. The summed E-state index contributed by atoms with van der Waals surface area (Å²) in [5, 5.41) is 11.0. The van der Waals surface area contributed by atoms with Gasteiger partial charge in [0.25, 0.3) is 5.91 Å². The summed E-state index contributed by atoms with van der Waals surface area (Å²) in [6.07, 6.45) is 0. The molecule has 0 spiro atoms. The van der Waals surface area contributed by atoms with Crippen molar-refractivity contribution in [2.24, 2.45) is 5.92 Å². The standard InChI is InChI=1S/C12H12F3NO3S/c1-7(11(18)19)6-16-10(17)8-2-4-9(5-3-8)20-12(13,14)15/h2-5,7H,6H2,1H3,(H,16,17)(H,18,19).